The first-order valence-electron chi connectivity index (χ1n) is 7.77. The number of carbonyl (C=O) groups is 1. The molecule has 0 amide bonds. The van der Waals surface area contributed by atoms with Gasteiger partial charge in [-0.25, -0.2) is 4.79 Å². The molecule has 1 saturated carbocycles. The highest BCUT2D eigenvalue weighted by atomic mass is 16.4. The molecule has 1 heterocycles. The van der Waals surface area contributed by atoms with E-state index in [9.17, 15) is 4.79 Å². The summed E-state index contributed by atoms with van der Waals surface area (Å²) in [5.74, 6) is -0.917. The molecule has 0 aliphatic heterocycles. The summed E-state index contributed by atoms with van der Waals surface area (Å²) in [5, 5.41) is 8.87. The molecule has 22 heavy (non-hydrogen) atoms. The van der Waals surface area contributed by atoms with Crippen molar-refractivity contribution in [1.29, 1.82) is 0 Å². The van der Waals surface area contributed by atoms with E-state index < -0.39 is 5.97 Å². The van der Waals surface area contributed by atoms with Crippen molar-refractivity contribution in [3.8, 4) is 0 Å². The summed E-state index contributed by atoms with van der Waals surface area (Å²) in [6.07, 6.45) is 12.6. The lowest BCUT2D eigenvalue weighted by Gasteiger charge is -2.23. The average molecular weight is 296 g/mol. The fourth-order valence-corrected chi connectivity index (χ4v) is 2.95. The van der Waals surface area contributed by atoms with Crippen LogP contribution in [0, 0.1) is 0 Å². The summed E-state index contributed by atoms with van der Waals surface area (Å²) in [7, 11) is 0. The van der Waals surface area contributed by atoms with Crippen molar-refractivity contribution in [2.24, 2.45) is 4.99 Å². The van der Waals surface area contributed by atoms with Gasteiger partial charge in [0, 0.05) is 30.2 Å². The minimum Gasteiger partial charge on any atom is -0.478 e. The molecule has 114 valence electrons. The molecule has 1 aliphatic carbocycles. The van der Waals surface area contributed by atoms with Gasteiger partial charge in [0.15, 0.2) is 0 Å². The topological polar surface area (TPSA) is 54.6 Å². The Balaban J connectivity index is 1.67. The van der Waals surface area contributed by atoms with E-state index >= 15 is 0 Å². The van der Waals surface area contributed by atoms with Crippen LogP contribution in [0.2, 0.25) is 0 Å². The van der Waals surface area contributed by atoms with E-state index in [0.29, 0.717) is 6.04 Å². The van der Waals surface area contributed by atoms with Gasteiger partial charge in [-0.3, -0.25) is 4.99 Å². The highest BCUT2D eigenvalue weighted by molar-refractivity contribution is 5.88. The second kappa shape index (κ2) is 6.60. The zero-order chi connectivity index (χ0) is 15.4. The van der Waals surface area contributed by atoms with Crippen LogP contribution in [0.15, 0.2) is 47.7 Å². The van der Waals surface area contributed by atoms with Crippen molar-refractivity contribution in [1.82, 2.24) is 4.57 Å². The van der Waals surface area contributed by atoms with Gasteiger partial charge in [0.2, 0.25) is 0 Å². The Morgan fingerprint density at radius 3 is 2.55 bits per heavy atom. The first-order valence-corrected chi connectivity index (χ1v) is 7.77. The van der Waals surface area contributed by atoms with E-state index in [1.165, 1.54) is 32.1 Å². The minimum absolute atomic E-state index is 0.280. The third-order valence-electron chi connectivity index (χ3n) is 4.21. The predicted molar refractivity (Wildman–Crippen MR) is 87.2 cm³/mol. The number of aliphatic imine (C=N–C) groups is 1. The van der Waals surface area contributed by atoms with Gasteiger partial charge in [-0.1, -0.05) is 19.3 Å². The van der Waals surface area contributed by atoms with E-state index in [4.69, 9.17) is 5.11 Å². The van der Waals surface area contributed by atoms with Crippen LogP contribution in [0.25, 0.3) is 0 Å². The third kappa shape index (κ3) is 3.45. The zero-order valence-electron chi connectivity index (χ0n) is 12.5. The van der Waals surface area contributed by atoms with Crippen molar-refractivity contribution in [3.05, 3.63) is 53.9 Å². The average Bonchev–Trinajstić information content (AvgIpc) is 3.03. The van der Waals surface area contributed by atoms with E-state index in [1.54, 1.807) is 24.3 Å². The van der Waals surface area contributed by atoms with Crippen LogP contribution < -0.4 is 0 Å². The third-order valence-corrected chi connectivity index (χ3v) is 4.21. The molecule has 0 radical (unpaired) electrons. The van der Waals surface area contributed by atoms with Crippen molar-refractivity contribution in [3.63, 3.8) is 0 Å². The number of benzene rings is 1. The summed E-state index contributed by atoms with van der Waals surface area (Å²) < 4.78 is 2.30. The van der Waals surface area contributed by atoms with Gasteiger partial charge < -0.3 is 9.67 Å². The van der Waals surface area contributed by atoms with Crippen LogP contribution in [-0.2, 0) is 0 Å². The lowest BCUT2D eigenvalue weighted by atomic mass is 9.95. The van der Waals surface area contributed by atoms with Crippen molar-refractivity contribution < 1.29 is 9.90 Å². The Kier molecular flexibility index (Phi) is 4.37. The number of rotatable bonds is 4. The number of carboxylic acids is 1. The van der Waals surface area contributed by atoms with E-state index in [-0.39, 0.29) is 5.56 Å². The standard InChI is InChI=1S/C18H20N2O2/c21-18(22)15-6-8-16(9-7-15)19-12-14-10-11-20(13-14)17-4-2-1-3-5-17/h6-13,17H,1-5H2,(H,21,22). The summed E-state index contributed by atoms with van der Waals surface area (Å²) >= 11 is 0. The van der Waals surface area contributed by atoms with Crippen LogP contribution in [0.4, 0.5) is 5.69 Å². The summed E-state index contributed by atoms with van der Waals surface area (Å²) in [6, 6.07) is 9.29. The normalized spacial score (nSPS) is 16.2. The smallest absolute Gasteiger partial charge is 0.335 e. The minimum atomic E-state index is -0.917. The van der Waals surface area contributed by atoms with E-state index in [0.717, 1.165) is 11.3 Å². The van der Waals surface area contributed by atoms with Gasteiger partial charge in [-0.15, -0.1) is 0 Å². The highest BCUT2D eigenvalue weighted by Crippen LogP contribution is 2.28. The first-order chi connectivity index (χ1) is 10.7. The Labute approximate surface area is 130 Å². The lowest BCUT2D eigenvalue weighted by Crippen LogP contribution is -2.10. The quantitative estimate of drug-likeness (QED) is 0.848. The number of nitrogens with zero attached hydrogens (tertiary/aromatic N) is 2. The molecule has 0 unspecified atom stereocenters. The Bertz CT molecular complexity index is 665. The number of carboxylic acid groups (broad SMARTS) is 1. The zero-order valence-corrected chi connectivity index (χ0v) is 12.5. The molecule has 0 spiro atoms. The molecule has 1 N–H and O–H groups in total. The maximum absolute atomic E-state index is 10.8. The van der Waals surface area contributed by atoms with Crippen molar-refractivity contribution in [2.45, 2.75) is 38.1 Å². The van der Waals surface area contributed by atoms with Crippen LogP contribution in [-0.4, -0.2) is 21.9 Å². The fraction of sp³-hybridized carbons (Fsp3) is 0.333. The van der Waals surface area contributed by atoms with Gasteiger partial charge in [-0.05, 0) is 43.2 Å². The van der Waals surface area contributed by atoms with Gasteiger partial charge in [0.05, 0.1) is 11.3 Å². The molecule has 2 aromatic rings. The fourth-order valence-electron chi connectivity index (χ4n) is 2.95. The number of hydrogen-bond donors (Lipinski definition) is 1. The second-order valence-corrected chi connectivity index (χ2v) is 5.79. The van der Waals surface area contributed by atoms with Crippen molar-refractivity contribution in [2.75, 3.05) is 0 Å². The molecule has 1 aromatic carbocycles. The maximum Gasteiger partial charge on any atom is 0.335 e. The molecule has 1 fully saturated rings. The molecular weight excluding hydrogens is 276 g/mol. The lowest BCUT2D eigenvalue weighted by molar-refractivity contribution is 0.0697. The second-order valence-electron chi connectivity index (χ2n) is 5.79. The maximum atomic E-state index is 10.8. The predicted octanol–water partition coefficient (Wildman–Crippen LogP) is 4.44. The number of aromatic nitrogens is 1. The molecular formula is C18H20N2O2. The van der Waals surface area contributed by atoms with Crippen LogP contribution >= 0.6 is 0 Å². The molecule has 1 aromatic heterocycles. The number of hydrogen-bond acceptors (Lipinski definition) is 2. The first kappa shape index (κ1) is 14.6. The Hall–Kier alpha value is -2.36. The van der Waals surface area contributed by atoms with E-state index in [2.05, 4.69) is 28.0 Å². The molecule has 4 nitrogen and oxygen atoms in total. The van der Waals surface area contributed by atoms with Gasteiger partial charge in [-0.2, -0.15) is 0 Å². The molecule has 0 saturated heterocycles. The van der Waals surface area contributed by atoms with Gasteiger partial charge in [0.25, 0.3) is 0 Å². The van der Waals surface area contributed by atoms with Crippen LogP contribution in [0.5, 0.6) is 0 Å². The molecule has 3 rings (SSSR count). The molecule has 1 aliphatic rings. The molecule has 0 bridgehead atoms. The largest absolute Gasteiger partial charge is 0.478 e. The Morgan fingerprint density at radius 1 is 1.14 bits per heavy atom. The monoisotopic (exact) mass is 296 g/mol. The summed E-state index contributed by atoms with van der Waals surface area (Å²) in [5.41, 5.74) is 2.12. The Morgan fingerprint density at radius 2 is 1.86 bits per heavy atom. The summed E-state index contributed by atoms with van der Waals surface area (Å²) in [6.45, 7) is 0. The van der Waals surface area contributed by atoms with E-state index in [1.807, 2.05) is 6.21 Å². The number of aromatic carboxylic acids is 1. The molecule has 0 atom stereocenters. The van der Waals surface area contributed by atoms with Crippen LogP contribution in [0.3, 0.4) is 0 Å². The van der Waals surface area contributed by atoms with Crippen molar-refractivity contribution >= 4 is 17.9 Å². The van der Waals surface area contributed by atoms with Gasteiger partial charge >= 0.3 is 5.97 Å². The summed E-state index contributed by atoms with van der Waals surface area (Å²) in [4.78, 5) is 15.2. The van der Waals surface area contributed by atoms with Gasteiger partial charge in [0.1, 0.15) is 0 Å². The molecule has 4 heteroatoms. The highest BCUT2D eigenvalue weighted by Gasteiger charge is 2.14. The van der Waals surface area contributed by atoms with Crippen LogP contribution in [0.1, 0.15) is 54.1 Å². The SMILES string of the molecule is O=C(O)c1ccc(N=Cc2ccn(C3CCCCC3)c2)cc1.